The van der Waals surface area contributed by atoms with E-state index in [0.717, 1.165) is 0 Å². The minimum Gasteiger partial charge on any atom is -0.494 e. The zero-order valence-corrected chi connectivity index (χ0v) is 9.66. The standard InChI is InChI=1S/C12H13FN2O2/c1-16-10-4-3-9(13)8-5-7(6-14)12(17-2)15-11(8)10/h3-5H,6,14H2,1-2H3. The largest absolute Gasteiger partial charge is 0.494 e. The number of aromatic nitrogens is 1. The van der Waals surface area contributed by atoms with E-state index >= 15 is 0 Å². The van der Waals surface area contributed by atoms with Gasteiger partial charge in [-0.25, -0.2) is 9.37 Å². The molecular weight excluding hydrogens is 223 g/mol. The van der Waals surface area contributed by atoms with Crippen molar-refractivity contribution < 1.29 is 13.9 Å². The van der Waals surface area contributed by atoms with Crippen molar-refractivity contribution in [2.75, 3.05) is 14.2 Å². The molecule has 0 aliphatic carbocycles. The molecule has 1 heterocycles. The summed E-state index contributed by atoms with van der Waals surface area (Å²) >= 11 is 0. The van der Waals surface area contributed by atoms with Crippen LogP contribution in [0.1, 0.15) is 5.56 Å². The summed E-state index contributed by atoms with van der Waals surface area (Å²) in [6.07, 6.45) is 0. The summed E-state index contributed by atoms with van der Waals surface area (Å²) in [5, 5.41) is 0.380. The quantitative estimate of drug-likeness (QED) is 0.883. The Hall–Kier alpha value is -1.88. The van der Waals surface area contributed by atoms with Gasteiger partial charge < -0.3 is 15.2 Å². The van der Waals surface area contributed by atoms with E-state index in [4.69, 9.17) is 15.2 Å². The van der Waals surface area contributed by atoms with Crippen LogP contribution in [0.15, 0.2) is 18.2 Å². The van der Waals surface area contributed by atoms with Crippen molar-refractivity contribution in [2.45, 2.75) is 6.54 Å². The number of nitrogens with zero attached hydrogens (tertiary/aromatic N) is 1. The second-order valence-electron chi connectivity index (χ2n) is 3.51. The molecule has 0 fully saturated rings. The molecule has 0 bridgehead atoms. The highest BCUT2D eigenvalue weighted by molar-refractivity contribution is 5.86. The second-order valence-corrected chi connectivity index (χ2v) is 3.51. The van der Waals surface area contributed by atoms with Crippen LogP contribution in [0.25, 0.3) is 10.9 Å². The van der Waals surface area contributed by atoms with E-state index in [9.17, 15) is 4.39 Å². The van der Waals surface area contributed by atoms with Gasteiger partial charge in [0.2, 0.25) is 5.88 Å². The highest BCUT2D eigenvalue weighted by Gasteiger charge is 2.12. The molecule has 0 radical (unpaired) electrons. The maximum absolute atomic E-state index is 13.7. The summed E-state index contributed by atoms with van der Waals surface area (Å²) in [6, 6.07) is 4.51. The predicted molar refractivity (Wildman–Crippen MR) is 62.7 cm³/mol. The number of fused-ring (bicyclic) bond motifs is 1. The van der Waals surface area contributed by atoms with Crippen LogP contribution in [0, 0.1) is 5.82 Å². The average molecular weight is 236 g/mol. The van der Waals surface area contributed by atoms with Gasteiger partial charge in [-0.1, -0.05) is 0 Å². The van der Waals surface area contributed by atoms with E-state index in [1.54, 1.807) is 6.07 Å². The highest BCUT2D eigenvalue weighted by atomic mass is 19.1. The molecule has 0 saturated carbocycles. The molecule has 90 valence electrons. The molecule has 2 N–H and O–H groups in total. The Kier molecular flexibility index (Phi) is 3.10. The summed E-state index contributed by atoms with van der Waals surface area (Å²) in [4.78, 5) is 4.23. The van der Waals surface area contributed by atoms with E-state index in [0.29, 0.717) is 28.1 Å². The molecule has 0 unspecified atom stereocenters. The molecule has 1 aromatic heterocycles. The van der Waals surface area contributed by atoms with Crippen LogP contribution in [-0.4, -0.2) is 19.2 Å². The lowest BCUT2D eigenvalue weighted by Gasteiger charge is -2.10. The van der Waals surface area contributed by atoms with Gasteiger partial charge in [-0.3, -0.25) is 0 Å². The first-order valence-electron chi connectivity index (χ1n) is 5.11. The molecule has 17 heavy (non-hydrogen) atoms. The number of hydrogen-bond donors (Lipinski definition) is 1. The zero-order chi connectivity index (χ0) is 12.4. The third-order valence-electron chi connectivity index (χ3n) is 2.57. The highest BCUT2D eigenvalue weighted by Crippen LogP contribution is 2.30. The summed E-state index contributed by atoms with van der Waals surface area (Å²) in [7, 11) is 3.01. The number of benzene rings is 1. The van der Waals surface area contributed by atoms with Crippen LogP contribution in [0.2, 0.25) is 0 Å². The average Bonchev–Trinajstić information content (AvgIpc) is 2.38. The van der Waals surface area contributed by atoms with Gasteiger partial charge in [0.1, 0.15) is 17.1 Å². The summed E-state index contributed by atoms with van der Waals surface area (Å²) in [5.41, 5.74) is 6.66. The Morgan fingerprint density at radius 3 is 2.65 bits per heavy atom. The van der Waals surface area contributed by atoms with Crippen molar-refractivity contribution in [3.05, 3.63) is 29.6 Å². The minimum atomic E-state index is -0.356. The summed E-state index contributed by atoms with van der Waals surface area (Å²) in [5.74, 6) is 0.540. The van der Waals surface area contributed by atoms with Crippen molar-refractivity contribution in [1.82, 2.24) is 4.98 Å². The van der Waals surface area contributed by atoms with Crippen LogP contribution in [0.4, 0.5) is 4.39 Å². The van der Waals surface area contributed by atoms with Crippen LogP contribution in [-0.2, 0) is 6.54 Å². The molecule has 4 nitrogen and oxygen atoms in total. The minimum absolute atomic E-state index is 0.239. The first kappa shape index (κ1) is 11.6. The van der Waals surface area contributed by atoms with Gasteiger partial charge in [-0.05, 0) is 18.2 Å². The number of rotatable bonds is 3. The number of methoxy groups -OCH3 is 2. The smallest absolute Gasteiger partial charge is 0.218 e. The van der Waals surface area contributed by atoms with Crippen LogP contribution >= 0.6 is 0 Å². The zero-order valence-electron chi connectivity index (χ0n) is 9.66. The molecule has 2 aromatic rings. The number of halogens is 1. The first-order chi connectivity index (χ1) is 8.21. The Labute approximate surface area is 98.2 Å². The molecule has 0 aliphatic heterocycles. The molecule has 0 spiro atoms. The van der Waals surface area contributed by atoms with Gasteiger partial charge in [0, 0.05) is 17.5 Å². The lowest BCUT2D eigenvalue weighted by molar-refractivity contribution is 0.391. The topological polar surface area (TPSA) is 57.4 Å². The normalized spacial score (nSPS) is 10.6. The first-order valence-corrected chi connectivity index (χ1v) is 5.11. The van der Waals surface area contributed by atoms with Crippen molar-refractivity contribution in [3.8, 4) is 11.6 Å². The van der Waals surface area contributed by atoms with Gasteiger partial charge in [-0.2, -0.15) is 0 Å². The number of ether oxygens (including phenoxy) is 2. The lowest BCUT2D eigenvalue weighted by atomic mass is 10.1. The molecule has 2 rings (SSSR count). The van der Waals surface area contributed by atoms with Crippen molar-refractivity contribution in [3.63, 3.8) is 0 Å². The third-order valence-corrected chi connectivity index (χ3v) is 2.57. The fourth-order valence-electron chi connectivity index (χ4n) is 1.71. The fraction of sp³-hybridized carbons (Fsp3) is 0.250. The van der Waals surface area contributed by atoms with Crippen LogP contribution in [0.5, 0.6) is 11.6 Å². The third kappa shape index (κ3) is 1.89. The summed E-state index contributed by atoms with van der Waals surface area (Å²) in [6.45, 7) is 0.239. The lowest BCUT2D eigenvalue weighted by Crippen LogP contribution is -2.03. The van der Waals surface area contributed by atoms with Crippen molar-refractivity contribution >= 4 is 10.9 Å². The number of nitrogens with two attached hydrogens (primary N) is 1. The Balaban J connectivity index is 2.80. The Morgan fingerprint density at radius 2 is 2.06 bits per heavy atom. The van der Waals surface area contributed by atoms with Gasteiger partial charge in [-0.15, -0.1) is 0 Å². The van der Waals surface area contributed by atoms with E-state index in [2.05, 4.69) is 4.98 Å². The van der Waals surface area contributed by atoms with Gasteiger partial charge in [0.15, 0.2) is 0 Å². The monoisotopic (exact) mass is 236 g/mol. The van der Waals surface area contributed by atoms with E-state index in [-0.39, 0.29) is 12.4 Å². The van der Waals surface area contributed by atoms with Gasteiger partial charge in [0.05, 0.1) is 14.2 Å². The number of hydrogen-bond acceptors (Lipinski definition) is 4. The fourth-order valence-corrected chi connectivity index (χ4v) is 1.71. The van der Waals surface area contributed by atoms with Gasteiger partial charge in [0.25, 0.3) is 0 Å². The summed E-state index contributed by atoms with van der Waals surface area (Å²) < 4.78 is 23.9. The van der Waals surface area contributed by atoms with E-state index in [1.807, 2.05) is 0 Å². The number of pyridine rings is 1. The second kappa shape index (κ2) is 4.55. The SMILES string of the molecule is COc1nc2c(OC)ccc(F)c2cc1CN. The maximum Gasteiger partial charge on any atom is 0.218 e. The van der Waals surface area contributed by atoms with E-state index in [1.165, 1.54) is 26.4 Å². The van der Waals surface area contributed by atoms with Gasteiger partial charge >= 0.3 is 0 Å². The molecule has 0 aliphatic rings. The Bertz CT molecular complexity index is 558. The van der Waals surface area contributed by atoms with Crippen LogP contribution in [0.3, 0.4) is 0 Å². The molecule has 0 atom stereocenters. The molecular formula is C12H13FN2O2. The molecule has 1 aromatic carbocycles. The molecule has 0 saturated heterocycles. The van der Waals surface area contributed by atoms with Crippen LogP contribution < -0.4 is 15.2 Å². The van der Waals surface area contributed by atoms with Crippen molar-refractivity contribution in [1.29, 1.82) is 0 Å². The predicted octanol–water partition coefficient (Wildman–Crippen LogP) is 1.85. The van der Waals surface area contributed by atoms with Crippen molar-refractivity contribution in [2.24, 2.45) is 5.73 Å². The maximum atomic E-state index is 13.7. The molecule has 0 amide bonds. The van der Waals surface area contributed by atoms with E-state index < -0.39 is 0 Å². The molecule has 5 heteroatoms. The Morgan fingerprint density at radius 1 is 1.29 bits per heavy atom.